The number of H-pyrrole nitrogens is 2. The number of hydrogen-bond acceptors (Lipinski definition) is 5. The predicted octanol–water partition coefficient (Wildman–Crippen LogP) is 8.08. The molecule has 3 rings (SSSR count). The van der Waals surface area contributed by atoms with Gasteiger partial charge < -0.3 is 19.3 Å². The third-order valence-electron chi connectivity index (χ3n) is 7.88. The number of aromatic nitrogens is 3. The van der Waals surface area contributed by atoms with Crippen LogP contribution < -0.4 is 0 Å². The lowest BCUT2D eigenvalue weighted by molar-refractivity contribution is 0.0519. The van der Waals surface area contributed by atoms with Crippen LogP contribution in [0.1, 0.15) is 87.7 Å². The highest BCUT2D eigenvalue weighted by molar-refractivity contribution is 6.74. The first-order valence-corrected chi connectivity index (χ1v) is 17.7. The van der Waals surface area contributed by atoms with E-state index in [9.17, 15) is 4.79 Å². The number of benzene rings is 1. The molecule has 0 saturated heterocycles. The van der Waals surface area contributed by atoms with Crippen LogP contribution >= 0.6 is 11.6 Å². The second kappa shape index (κ2) is 14.0. The van der Waals surface area contributed by atoms with Crippen LogP contribution in [0.3, 0.4) is 0 Å². The molecule has 0 unspecified atom stereocenters. The minimum Gasteiger partial charge on any atom is -0.461 e. The number of unbranched alkanes of at least 4 members (excludes halogenated alkanes) is 2. The van der Waals surface area contributed by atoms with Crippen LogP contribution in [0.5, 0.6) is 0 Å². The third-order valence-corrected chi connectivity index (χ3v) is 12.7. The molecule has 0 spiro atoms. The first-order chi connectivity index (χ1) is 19.0. The molecule has 0 saturated carbocycles. The molecule has 2 aromatic heterocycles. The van der Waals surface area contributed by atoms with Crippen molar-refractivity contribution in [2.24, 2.45) is 0 Å². The van der Waals surface area contributed by atoms with Crippen molar-refractivity contribution in [3.63, 3.8) is 0 Å². The van der Waals surface area contributed by atoms with E-state index in [1.807, 2.05) is 25.1 Å². The first-order valence-electron chi connectivity index (χ1n) is 14.5. The number of esters is 1. The number of allylic oxidation sites excluding steroid dienone is 1. The Morgan fingerprint density at radius 2 is 1.90 bits per heavy atom. The molecule has 0 fully saturated rings. The Bertz CT molecular complexity index is 1320. The van der Waals surface area contributed by atoms with Crippen LogP contribution in [0.4, 0.5) is 0 Å². The fourth-order valence-corrected chi connectivity index (χ4v) is 5.93. The second-order valence-corrected chi connectivity index (χ2v) is 16.9. The van der Waals surface area contributed by atoms with Gasteiger partial charge in [-0.3, -0.25) is 5.10 Å². The van der Waals surface area contributed by atoms with Gasteiger partial charge in [0.15, 0.2) is 8.32 Å². The number of aryl methyl sites for hydroxylation is 2. The van der Waals surface area contributed by atoms with E-state index in [2.05, 4.69) is 62.0 Å². The van der Waals surface area contributed by atoms with Crippen LogP contribution in [-0.2, 0) is 22.0 Å². The van der Waals surface area contributed by atoms with Crippen molar-refractivity contribution in [3.8, 4) is 11.1 Å². The van der Waals surface area contributed by atoms with Crippen molar-refractivity contribution in [1.29, 1.82) is 0 Å². The van der Waals surface area contributed by atoms with Gasteiger partial charge in [0.2, 0.25) is 0 Å². The zero-order valence-electron chi connectivity index (χ0n) is 25.2. The summed E-state index contributed by atoms with van der Waals surface area (Å²) in [5, 5.41) is 18.5. The fraction of sp³-hybridized carbons (Fsp3) is 0.548. The van der Waals surface area contributed by atoms with Crippen molar-refractivity contribution in [2.45, 2.75) is 91.3 Å². The Kier molecular flexibility index (Phi) is 11.2. The molecule has 9 heteroatoms. The van der Waals surface area contributed by atoms with Gasteiger partial charge >= 0.3 is 5.97 Å². The van der Waals surface area contributed by atoms with Crippen LogP contribution in [0.15, 0.2) is 18.2 Å². The third kappa shape index (κ3) is 7.27. The van der Waals surface area contributed by atoms with E-state index in [4.69, 9.17) is 25.9 Å². The monoisotopic (exact) mass is 587 g/mol. The molecular formula is C31H46ClN3O4Si. The van der Waals surface area contributed by atoms with E-state index in [0.29, 0.717) is 30.4 Å². The van der Waals surface area contributed by atoms with E-state index in [1.165, 1.54) is 0 Å². The Hall–Kier alpha value is -2.39. The number of aliphatic hydroxyl groups excluding tert-OH is 1. The predicted molar refractivity (Wildman–Crippen MR) is 168 cm³/mol. The molecule has 0 amide bonds. The topological polar surface area (TPSA) is 100 Å². The number of nitrogens with zero attached hydrogens (tertiary/aromatic N) is 1. The maximum absolute atomic E-state index is 13.1. The summed E-state index contributed by atoms with van der Waals surface area (Å²) in [7, 11) is -1.86. The maximum atomic E-state index is 13.1. The SMILES string of the molecule is CCOC(=O)c1[nH]c2c(-c3c(/C=C\CCCCO)n[nH]c3CC)c(Cl)ccc2c1CCCO[Si](C)(C)C(C)(C)C. The molecular weight excluding hydrogens is 542 g/mol. The average Bonchev–Trinajstić information content (AvgIpc) is 3.47. The van der Waals surface area contributed by atoms with Gasteiger partial charge in [0.1, 0.15) is 5.69 Å². The highest BCUT2D eigenvalue weighted by Crippen LogP contribution is 2.41. The quantitative estimate of drug-likeness (QED) is 0.100. The number of halogens is 1. The normalized spacial score (nSPS) is 12.6. The van der Waals surface area contributed by atoms with Crippen molar-refractivity contribution in [2.75, 3.05) is 19.8 Å². The Balaban J connectivity index is 2.05. The second-order valence-electron chi connectivity index (χ2n) is 11.7. The maximum Gasteiger partial charge on any atom is 0.355 e. The number of carbonyl (C=O) groups is 1. The molecule has 0 aliphatic rings. The summed E-state index contributed by atoms with van der Waals surface area (Å²) in [6, 6.07) is 3.89. The summed E-state index contributed by atoms with van der Waals surface area (Å²) >= 11 is 6.88. The van der Waals surface area contributed by atoms with Crippen molar-refractivity contribution < 1.29 is 19.1 Å². The Morgan fingerprint density at radius 1 is 1.15 bits per heavy atom. The van der Waals surface area contributed by atoms with Gasteiger partial charge in [0.25, 0.3) is 0 Å². The lowest BCUT2D eigenvalue weighted by atomic mass is 9.97. The Morgan fingerprint density at radius 3 is 2.55 bits per heavy atom. The van der Waals surface area contributed by atoms with Gasteiger partial charge in [-0.15, -0.1) is 0 Å². The van der Waals surface area contributed by atoms with Gasteiger partial charge in [0, 0.05) is 35.4 Å². The summed E-state index contributed by atoms with van der Waals surface area (Å²) in [4.78, 5) is 16.5. The largest absolute Gasteiger partial charge is 0.461 e. The van der Waals surface area contributed by atoms with E-state index in [-0.39, 0.29) is 17.6 Å². The summed E-state index contributed by atoms with van der Waals surface area (Å²) in [5.41, 5.74) is 5.73. The number of fused-ring (bicyclic) bond motifs is 1. The van der Waals surface area contributed by atoms with Gasteiger partial charge in [-0.2, -0.15) is 5.10 Å². The number of aliphatic hydroxyl groups is 1. The number of ether oxygens (including phenoxy) is 1. The molecule has 0 atom stereocenters. The first kappa shape index (κ1) is 32.1. The smallest absolute Gasteiger partial charge is 0.355 e. The molecule has 0 aliphatic heterocycles. The van der Waals surface area contributed by atoms with Crippen molar-refractivity contribution >= 4 is 42.9 Å². The molecule has 7 nitrogen and oxygen atoms in total. The van der Waals surface area contributed by atoms with Gasteiger partial charge in [-0.25, -0.2) is 4.79 Å². The Labute approximate surface area is 244 Å². The van der Waals surface area contributed by atoms with Crippen LogP contribution in [-0.4, -0.2) is 54.4 Å². The minimum atomic E-state index is -1.86. The van der Waals surface area contributed by atoms with Crippen LogP contribution in [0.2, 0.25) is 23.2 Å². The zero-order chi connectivity index (χ0) is 29.5. The molecule has 0 aliphatic carbocycles. The molecule has 1 aromatic carbocycles. The van der Waals surface area contributed by atoms with Crippen LogP contribution in [0, 0.1) is 0 Å². The van der Waals surface area contributed by atoms with E-state index in [0.717, 1.165) is 71.1 Å². The number of rotatable bonds is 14. The molecule has 2 heterocycles. The van der Waals surface area contributed by atoms with Crippen LogP contribution in [0.25, 0.3) is 28.1 Å². The van der Waals surface area contributed by atoms with Gasteiger partial charge in [-0.05, 0) is 81.3 Å². The summed E-state index contributed by atoms with van der Waals surface area (Å²) in [6.45, 7) is 16.2. The van der Waals surface area contributed by atoms with E-state index >= 15 is 0 Å². The molecule has 3 aromatic rings. The number of aromatic amines is 2. The highest BCUT2D eigenvalue weighted by Gasteiger charge is 2.37. The van der Waals surface area contributed by atoms with E-state index < -0.39 is 8.32 Å². The minimum absolute atomic E-state index is 0.141. The summed E-state index contributed by atoms with van der Waals surface area (Å²) in [6.07, 6.45) is 8.82. The molecule has 0 bridgehead atoms. The lowest BCUT2D eigenvalue weighted by Gasteiger charge is -2.36. The van der Waals surface area contributed by atoms with Crippen molar-refractivity contribution in [1.82, 2.24) is 15.2 Å². The lowest BCUT2D eigenvalue weighted by Crippen LogP contribution is -2.41. The molecule has 0 radical (unpaired) electrons. The number of nitrogens with one attached hydrogen (secondary N) is 2. The fourth-order valence-electron chi connectivity index (χ4n) is 4.59. The number of hydrogen-bond donors (Lipinski definition) is 3. The standard InChI is InChI=1S/C31H46ClN3O4Si/c1-8-24-27(25(35-34-24)16-12-10-11-13-19-36)26-23(32)18-17-22-21(29(33-28(22)26)30(37)38-9-2)15-14-20-39-40(6,7)31(3,4)5/h12,16-18,33,36H,8-11,13-15,19-20H2,1-7H3,(H,34,35)/b16-12-. The summed E-state index contributed by atoms with van der Waals surface area (Å²) in [5.74, 6) is -0.368. The van der Waals surface area contributed by atoms with Gasteiger partial charge in [0.05, 0.1) is 22.8 Å². The van der Waals surface area contributed by atoms with Gasteiger partial charge in [-0.1, -0.05) is 51.4 Å². The molecule has 220 valence electrons. The van der Waals surface area contributed by atoms with Crippen molar-refractivity contribution in [3.05, 3.63) is 45.9 Å². The highest BCUT2D eigenvalue weighted by atomic mass is 35.5. The zero-order valence-corrected chi connectivity index (χ0v) is 26.9. The molecule has 3 N–H and O–H groups in total. The number of carbonyl (C=O) groups excluding carboxylic acids is 1. The average molecular weight is 588 g/mol. The summed E-state index contributed by atoms with van der Waals surface area (Å²) < 4.78 is 11.9. The van der Waals surface area contributed by atoms with E-state index in [1.54, 1.807) is 0 Å². The molecule has 40 heavy (non-hydrogen) atoms.